The number of aromatic nitrogens is 2. The van der Waals surface area contributed by atoms with Crippen molar-refractivity contribution in [2.45, 2.75) is 109 Å². The summed E-state index contributed by atoms with van der Waals surface area (Å²) in [6.45, 7) is 9.89. The number of imidazole rings is 1. The van der Waals surface area contributed by atoms with Crippen LogP contribution >= 0.6 is 0 Å². The third kappa shape index (κ3) is 8.79. The van der Waals surface area contributed by atoms with Crippen LogP contribution in [0.5, 0.6) is 0 Å². The van der Waals surface area contributed by atoms with Crippen molar-refractivity contribution >= 4 is 29.1 Å². The standard InChI is InChI=1S/C46H60N6O5/c1-6-50(7-2)37-22-20-35(21-23-37)45(54)52-25-9-11-42(52)44-48-29-40(49-44)34-18-16-32(17-19-34)31-12-14-33(15-13-31)36-26-39(47-28-36)41-10-8-24-51(41)46(55)38(30(3)56-4)27-43(53)57-5/h12-19,28-30,35,37-38,41-42H,6-11,20-27H2,1-5H3,(H,48,49)/t30-,35?,37?,38+,41+,42+/m1/s1. The van der Waals surface area contributed by atoms with Gasteiger partial charge in [-0.3, -0.25) is 19.4 Å². The van der Waals surface area contributed by atoms with E-state index in [1.165, 1.54) is 7.11 Å². The first-order valence-electron chi connectivity index (χ1n) is 21.2. The second kappa shape index (κ2) is 18.3. The van der Waals surface area contributed by atoms with Gasteiger partial charge in [-0.05, 0) is 99.2 Å². The molecule has 0 bridgehead atoms. The minimum Gasteiger partial charge on any atom is -0.469 e. The fourth-order valence-corrected chi connectivity index (χ4v) is 9.65. The summed E-state index contributed by atoms with van der Waals surface area (Å²) in [5.41, 5.74) is 7.49. The molecule has 3 fully saturated rings. The van der Waals surface area contributed by atoms with Crippen LogP contribution in [0.3, 0.4) is 0 Å². The molecule has 7 rings (SSSR count). The van der Waals surface area contributed by atoms with E-state index in [1.54, 1.807) is 7.11 Å². The lowest BCUT2D eigenvalue weighted by Gasteiger charge is -2.37. The summed E-state index contributed by atoms with van der Waals surface area (Å²) >= 11 is 0. The molecule has 4 aliphatic rings. The van der Waals surface area contributed by atoms with Crippen molar-refractivity contribution in [1.29, 1.82) is 0 Å². The fraction of sp³-hybridized carbons (Fsp3) is 0.543. The molecule has 1 aliphatic carbocycles. The highest BCUT2D eigenvalue weighted by Crippen LogP contribution is 2.37. The van der Waals surface area contributed by atoms with Gasteiger partial charge < -0.3 is 29.2 Å². The van der Waals surface area contributed by atoms with Crippen LogP contribution in [0.2, 0.25) is 0 Å². The average Bonchev–Trinajstić information content (AvgIpc) is 4.10. The van der Waals surface area contributed by atoms with Crippen molar-refractivity contribution in [3.8, 4) is 22.4 Å². The lowest BCUT2D eigenvalue weighted by Crippen LogP contribution is -2.46. The Morgan fingerprint density at radius 2 is 1.44 bits per heavy atom. The molecule has 57 heavy (non-hydrogen) atoms. The third-order valence-electron chi connectivity index (χ3n) is 13.2. The lowest BCUT2D eigenvalue weighted by atomic mass is 9.84. The van der Waals surface area contributed by atoms with E-state index in [1.807, 2.05) is 24.2 Å². The predicted molar refractivity (Wildman–Crippen MR) is 223 cm³/mol. The lowest BCUT2D eigenvalue weighted by molar-refractivity contribution is -0.150. The normalized spacial score (nSPS) is 23.4. The molecule has 4 heterocycles. The number of rotatable bonds is 14. The summed E-state index contributed by atoms with van der Waals surface area (Å²) in [7, 11) is 2.90. The van der Waals surface area contributed by atoms with E-state index < -0.39 is 18.0 Å². The van der Waals surface area contributed by atoms with Gasteiger partial charge in [0, 0.05) is 50.5 Å². The quantitative estimate of drug-likeness (QED) is 0.167. The van der Waals surface area contributed by atoms with Crippen molar-refractivity contribution in [2.24, 2.45) is 16.8 Å². The van der Waals surface area contributed by atoms with Crippen molar-refractivity contribution in [1.82, 2.24) is 24.7 Å². The summed E-state index contributed by atoms with van der Waals surface area (Å²) in [6, 6.07) is 17.7. The van der Waals surface area contributed by atoms with Gasteiger partial charge in [-0.25, -0.2) is 4.98 Å². The number of benzene rings is 2. The number of carbonyl (C=O) groups is 3. The maximum Gasteiger partial charge on any atom is 0.306 e. The number of carbonyl (C=O) groups excluding carboxylic acids is 3. The van der Waals surface area contributed by atoms with Crippen LogP contribution < -0.4 is 0 Å². The zero-order valence-corrected chi connectivity index (χ0v) is 34.4. The van der Waals surface area contributed by atoms with Gasteiger partial charge in [0.05, 0.1) is 49.5 Å². The zero-order chi connectivity index (χ0) is 40.1. The Morgan fingerprint density at radius 3 is 2.07 bits per heavy atom. The van der Waals surface area contributed by atoms with E-state index >= 15 is 0 Å². The highest BCUT2D eigenvalue weighted by Gasteiger charge is 2.40. The monoisotopic (exact) mass is 776 g/mol. The highest BCUT2D eigenvalue weighted by atomic mass is 16.5. The van der Waals surface area contributed by atoms with E-state index in [2.05, 4.69) is 77.2 Å². The molecule has 1 N–H and O–H groups in total. The van der Waals surface area contributed by atoms with Crippen molar-refractivity contribution in [3.63, 3.8) is 0 Å². The number of esters is 1. The van der Waals surface area contributed by atoms with Crippen LogP contribution in [-0.2, 0) is 23.9 Å². The molecule has 2 aromatic carbocycles. The number of amides is 2. The van der Waals surface area contributed by atoms with E-state index in [0.717, 1.165) is 116 Å². The molecule has 2 saturated heterocycles. The first-order chi connectivity index (χ1) is 27.7. The second-order valence-electron chi connectivity index (χ2n) is 16.2. The van der Waals surface area contributed by atoms with E-state index in [4.69, 9.17) is 19.5 Å². The van der Waals surface area contributed by atoms with E-state index in [0.29, 0.717) is 24.9 Å². The van der Waals surface area contributed by atoms with Crippen LogP contribution in [-0.4, -0.2) is 107 Å². The topological polar surface area (TPSA) is 120 Å². The SMILES string of the molecule is CCN(CC)C1CCC(C(=O)N2CCC[C@H]2c2ncc(-c3ccc(-c4ccc(C5=CN=C([C@@H]6CCCN6C(=O)[C@@H](CC(=O)OC)[C@@H](C)OC)C5)cc4)cc3)[nH]2)CC1. The van der Waals surface area contributed by atoms with E-state index in [-0.39, 0.29) is 30.3 Å². The Balaban J connectivity index is 0.943. The summed E-state index contributed by atoms with van der Waals surface area (Å²) < 4.78 is 10.4. The largest absolute Gasteiger partial charge is 0.469 e. The first kappa shape index (κ1) is 40.6. The molecule has 3 aromatic rings. The van der Waals surface area contributed by atoms with Gasteiger partial charge in [-0.15, -0.1) is 0 Å². The minimum absolute atomic E-state index is 0.00991. The summed E-state index contributed by atoms with van der Waals surface area (Å²) in [6.07, 6.45) is 12.0. The molecule has 1 aromatic heterocycles. The van der Waals surface area contributed by atoms with Crippen molar-refractivity contribution in [2.75, 3.05) is 40.4 Å². The minimum atomic E-state index is -0.603. The number of nitrogens with zero attached hydrogens (tertiary/aromatic N) is 5. The van der Waals surface area contributed by atoms with Gasteiger partial charge in [-0.1, -0.05) is 62.4 Å². The number of aliphatic imine (C=N–C) groups is 1. The molecule has 304 valence electrons. The Kier molecular flexibility index (Phi) is 13.0. The molecular weight excluding hydrogens is 717 g/mol. The number of allylic oxidation sites excluding steroid dienone is 1. The average molecular weight is 777 g/mol. The molecule has 0 unspecified atom stereocenters. The summed E-state index contributed by atoms with van der Waals surface area (Å²) in [5.74, 6) is 0.223. The van der Waals surface area contributed by atoms with Crippen LogP contribution in [0, 0.1) is 11.8 Å². The molecule has 0 radical (unpaired) electrons. The zero-order valence-electron chi connectivity index (χ0n) is 34.4. The van der Waals surface area contributed by atoms with E-state index in [9.17, 15) is 14.4 Å². The van der Waals surface area contributed by atoms with Crippen molar-refractivity contribution < 1.29 is 23.9 Å². The Bertz CT molecular complexity index is 1920. The number of aromatic amines is 1. The van der Waals surface area contributed by atoms with Gasteiger partial charge in [0.2, 0.25) is 11.8 Å². The van der Waals surface area contributed by atoms with Crippen LogP contribution in [0.25, 0.3) is 28.0 Å². The fourth-order valence-electron chi connectivity index (χ4n) is 9.65. The maximum atomic E-state index is 13.8. The Morgan fingerprint density at radius 1 is 0.825 bits per heavy atom. The number of H-pyrrole nitrogens is 1. The van der Waals surface area contributed by atoms with Gasteiger partial charge >= 0.3 is 5.97 Å². The molecule has 4 atom stereocenters. The third-order valence-corrected chi connectivity index (χ3v) is 13.2. The molecule has 1 saturated carbocycles. The summed E-state index contributed by atoms with van der Waals surface area (Å²) in [4.78, 5) is 59.3. The van der Waals surface area contributed by atoms with Crippen molar-refractivity contribution in [3.05, 3.63) is 72.3 Å². The van der Waals surface area contributed by atoms with Gasteiger partial charge in [0.1, 0.15) is 5.82 Å². The van der Waals surface area contributed by atoms with Crippen LogP contribution in [0.1, 0.15) is 102 Å². The molecule has 11 heteroatoms. The number of hydrogen-bond donors (Lipinski definition) is 1. The number of likely N-dealkylation sites (tertiary alicyclic amines) is 2. The maximum absolute atomic E-state index is 13.8. The number of nitrogens with one attached hydrogen (secondary N) is 1. The van der Waals surface area contributed by atoms with Crippen LogP contribution in [0.4, 0.5) is 0 Å². The number of ether oxygens (including phenoxy) is 2. The Labute approximate surface area is 337 Å². The molecule has 0 spiro atoms. The summed E-state index contributed by atoms with van der Waals surface area (Å²) in [5, 5.41) is 0. The number of methoxy groups -OCH3 is 2. The van der Waals surface area contributed by atoms with Gasteiger partial charge in [-0.2, -0.15) is 0 Å². The highest BCUT2D eigenvalue weighted by molar-refractivity contribution is 6.03. The van der Waals surface area contributed by atoms with Gasteiger partial charge in [0.25, 0.3) is 0 Å². The smallest absolute Gasteiger partial charge is 0.306 e. The molecule has 2 amide bonds. The molecule has 11 nitrogen and oxygen atoms in total. The second-order valence-corrected chi connectivity index (χ2v) is 16.2. The van der Waals surface area contributed by atoms with Gasteiger partial charge in [0.15, 0.2) is 0 Å². The Hall–Kier alpha value is -4.61. The molecule has 3 aliphatic heterocycles. The number of hydrogen-bond acceptors (Lipinski definition) is 8. The predicted octanol–water partition coefficient (Wildman–Crippen LogP) is 7.70. The molecular formula is C46H60N6O5. The van der Waals surface area contributed by atoms with Crippen LogP contribution in [0.15, 0.2) is 65.9 Å². The first-order valence-corrected chi connectivity index (χ1v) is 21.2.